The molecule has 1 rings (SSSR count). The van der Waals surface area contributed by atoms with Crippen molar-refractivity contribution in [3.8, 4) is 11.9 Å². The first-order valence-electron chi connectivity index (χ1n) is 3.64. The molecule has 0 spiro atoms. The number of anilines is 1. The molecule has 0 amide bonds. The predicted molar refractivity (Wildman–Crippen MR) is 49.8 cm³/mol. The minimum Gasteiger partial charge on any atom is -0.480 e. The van der Waals surface area contributed by atoms with Gasteiger partial charge >= 0.3 is 0 Å². The molecule has 0 atom stereocenters. The Kier molecular flexibility index (Phi) is 2.87. The van der Waals surface area contributed by atoms with Crippen LogP contribution in [0.2, 0.25) is 0 Å². The molecule has 1 heterocycles. The van der Waals surface area contributed by atoms with E-state index in [9.17, 15) is 0 Å². The van der Waals surface area contributed by atoms with Crippen LogP contribution in [0.4, 0.5) is 5.69 Å². The molecule has 0 fully saturated rings. The molecule has 0 radical (unpaired) electrons. The molecule has 4 heteroatoms. The summed E-state index contributed by atoms with van der Waals surface area (Å²) in [4.78, 5) is 4.04. The van der Waals surface area contributed by atoms with Crippen molar-refractivity contribution in [2.45, 2.75) is 0 Å². The molecule has 0 bridgehead atoms. The number of hydrogen-bond acceptors (Lipinski definition) is 4. The number of aromatic nitrogens is 1. The van der Waals surface area contributed by atoms with Crippen LogP contribution >= 0.6 is 0 Å². The number of rotatable bonds is 2. The van der Waals surface area contributed by atoms with E-state index in [1.165, 1.54) is 13.2 Å². The molecule has 1 aromatic rings. The van der Waals surface area contributed by atoms with Crippen molar-refractivity contribution in [2.24, 2.45) is 0 Å². The van der Waals surface area contributed by atoms with Gasteiger partial charge in [-0.2, -0.15) is 5.26 Å². The van der Waals surface area contributed by atoms with Gasteiger partial charge in [-0.15, -0.1) is 0 Å². The molecular formula is C9H9N3O. The van der Waals surface area contributed by atoms with Gasteiger partial charge in [0.15, 0.2) is 0 Å². The lowest BCUT2D eigenvalue weighted by Crippen LogP contribution is -1.95. The summed E-state index contributed by atoms with van der Waals surface area (Å²) in [6, 6.07) is 5.27. The SMILES string of the molecule is COc1nc(C=CC#N)ccc1N. The summed E-state index contributed by atoms with van der Waals surface area (Å²) in [6.45, 7) is 0. The van der Waals surface area contributed by atoms with Crippen LogP contribution in [0.1, 0.15) is 5.69 Å². The van der Waals surface area contributed by atoms with Gasteiger partial charge in [0.05, 0.1) is 24.6 Å². The minimum atomic E-state index is 0.375. The Morgan fingerprint density at radius 2 is 2.38 bits per heavy atom. The van der Waals surface area contributed by atoms with Gasteiger partial charge in [-0.25, -0.2) is 4.98 Å². The van der Waals surface area contributed by atoms with Crippen LogP contribution in [-0.4, -0.2) is 12.1 Å². The number of nitriles is 1. The van der Waals surface area contributed by atoms with E-state index in [2.05, 4.69) is 4.98 Å². The van der Waals surface area contributed by atoms with E-state index in [4.69, 9.17) is 15.7 Å². The molecule has 0 aliphatic carbocycles. The topological polar surface area (TPSA) is 71.9 Å². The van der Waals surface area contributed by atoms with Gasteiger partial charge in [-0.1, -0.05) is 0 Å². The second-order valence-corrected chi connectivity index (χ2v) is 2.30. The van der Waals surface area contributed by atoms with E-state index in [1.54, 1.807) is 18.2 Å². The summed E-state index contributed by atoms with van der Waals surface area (Å²) in [6.07, 6.45) is 2.93. The molecule has 2 N–H and O–H groups in total. The quantitative estimate of drug-likeness (QED) is 0.685. The molecule has 1 aromatic heterocycles. The predicted octanol–water partition coefficient (Wildman–Crippen LogP) is 1.21. The lowest BCUT2D eigenvalue weighted by atomic mass is 10.3. The first-order chi connectivity index (χ1) is 6.27. The standard InChI is InChI=1S/C9H9N3O/c1-13-9-8(11)5-4-7(12-9)3-2-6-10/h2-5H,11H2,1H3. The third-order valence-corrected chi connectivity index (χ3v) is 1.43. The summed E-state index contributed by atoms with van der Waals surface area (Å²) in [7, 11) is 1.50. The Labute approximate surface area is 76.3 Å². The summed E-state index contributed by atoms with van der Waals surface area (Å²) < 4.78 is 4.91. The van der Waals surface area contributed by atoms with Crippen molar-refractivity contribution in [3.05, 3.63) is 23.9 Å². The Balaban J connectivity index is 3.01. The number of nitrogens with zero attached hydrogens (tertiary/aromatic N) is 2. The summed E-state index contributed by atoms with van der Waals surface area (Å²) in [5.41, 5.74) is 6.68. The van der Waals surface area contributed by atoms with Crippen LogP contribution in [0.15, 0.2) is 18.2 Å². The summed E-state index contributed by atoms with van der Waals surface area (Å²) in [5.74, 6) is 0.375. The van der Waals surface area contributed by atoms with Crippen molar-refractivity contribution in [1.82, 2.24) is 4.98 Å². The Hall–Kier alpha value is -2.02. The largest absolute Gasteiger partial charge is 0.480 e. The third-order valence-electron chi connectivity index (χ3n) is 1.43. The molecular weight excluding hydrogens is 166 g/mol. The van der Waals surface area contributed by atoms with E-state index < -0.39 is 0 Å². The summed E-state index contributed by atoms with van der Waals surface area (Å²) >= 11 is 0. The fraction of sp³-hybridized carbons (Fsp3) is 0.111. The number of pyridine rings is 1. The lowest BCUT2D eigenvalue weighted by molar-refractivity contribution is 0.400. The zero-order chi connectivity index (χ0) is 9.68. The van der Waals surface area contributed by atoms with E-state index in [0.717, 1.165) is 0 Å². The first kappa shape index (κ1) is 9.07. The van der Waals surface area contributed by atoms with Crippen molar-refractivity contribution in [2.75, 3.05) is 12.8 Å². The van der Waals surface area contributed by atoms with Crippen LogP contribution < -0.4 is 10.5 Å². The van der Waals surface area contributed by atoms with Crippen molar-refractivity contribution in [3.63, 3.8) is 0 Å². The average molecular weight is 175 g/mol. The molecule has 0 saturated heterocycles. The smallest absolute Gasteiger partial charge is 0.237 e. The van der Waals surface area contributed by atoms with Crippen molar-refractivity contribution < 1.29 is 4.74 Å². The van der Waals surface area contributed by atoms with Gasteiger partial charge in [0.2, 0.25) is 5.88 Å². The fourth-order valence-corrected chi connectivity index (χ4v) is 0.844. The second-order valence-electron chi connectivity index (χ2n) is 2.30. The summed E-state index contributed by atoms with van der Waals surface area (Å²) in [5, 5.41) is 8.29. The number of nitrogens with two attached hydrogens (primary N) is 1. The van der Waals surface area contributed by atoms with Crippen LogP contribution in [0.3, 0.4) is 0 Å². The highest BCUT2D eigenvalue weighted by atomic mass is 16.5. The maximum atomic E-state index is 8.29. The maximum Gasteiger partial charge on any atom is 0.237 e. The number of ether oxygens (including phenoxy) is 1. The van der Waals surface area contributed by atoms with Crippen LogP contribution in [-0.2, 0) is 0 Å². The van der Waals surface area contributed by atoms with Gasteiger partial charge < -0.3 is 10.5 Å². The lowest BCUT2D eigenvalue weighted by Gasteiger charge is -2.02. The highest BCUT2D eigenvalue weighted by molar-refractivity contribution is 5.55. The van der Waals surface area contributed by atoms with E-state index in [-0.39, 0.29) is 0 Å². The molecule has 0 aliphatic heterocycles. The first-order valence-corrected chi connectivity index (χ1v) is 3.64. The van der Waals surface area contributed by atoms with Gasteiger partial charge in [-0.3, -0.25) is 0 Å². The van der Waals surface area contributed by atoms with Crippen LogP contribution in [0, 0.1) is 11.3 Å². The van der Waals surface area contributed by atoms with Gasteiger partial charge in [0, 0.05) is 6.08 Å². The van der Waals surface area contributed by atoms with E-state index >= 15 is 0 Å². The van der Waals surface area contributed by atoms with Crippen molar-refractivity contribution >= 4 is 11.8 Å². The van der Waals surface area contributed by atoms with Gasteiger partial charge in [0.1, 0.15) is 0 Å². The highest BCUT2D eigenvalue weighted by Gasteiger charge is 1.99. The number of nitrogen functional groups attached to an aromatic ring is 1. The van der Waals surface area contributed by atoms with Crippen LogP contribution in [0.5, 0.6) is 5.88 Å². The molecule has 0 aromatic carbocycles. The van der Waals surface area contributed by atoms with E-state index in [0.29, 0.717) is 17.3 Å². The average Bonchev–Trinajstić information content (AvgIpc) is 2.16. The zero-order valence-corrected chi connectivity index (χ0v) is 7.19. The second kappa shape index (κ2) is 4.12. The third kappa shape index (κ3) is 2.20. The van der Waals surface area contributed by atoms with Crippen molar-refractivity contribution in [1.29, 1.82) is 5.26 Å². The van der Waals surface area contributed by atoms with Gasteiger partial charge in [0.25, 0.3) is 0 Å². The Morgan fingerprint density at radius 3 is 3.00 bits per heavy atom. The highest BCUT2D eigenvalue weighted by Crippen LogP contribution is 2.17. The molecule has 0 aliphatic rings. The zero-order valence-electron chi connectivity index (χ0n) is 7.19. The molecule has 66 valence electrons. The number of hydrogen-bond donors (Lipinski definition) is 1. The number of allylic oxidation sites excluding steroid dienone is 1. The monoisotopic (exact) mass is 175 g/mol. The fourth-order valence-electron chi connectivity index (χ4n) is 0.844. The van der Waals surface area contributed by atoms with Crippen LogP contribution in [0.25, 0.3) is 6.08 Å². The molecule has 4 nitrogen and oxygen atoms in total. The molecule has 0 unspecified atom stereocenters. The Bertz CT molecular complexity index is 366. The molecule has 0 saturated carbocycles. The normalized spacial score (nSPS) is 9.85. The maximum absolute atomic E-state index is 8.29. The minimum absolute atomic E-state index is 0.375. The Morgan fingerprint density at radius 1 is 1.62 bits per heavy atom. The molecule has 13 heavy (non-hydrogen) atoms. The van der Waals surface area contributed by atoms with Gasteiger partial charge in [-0.05, 0) is 18.2 Å². The number of methoxy groups -OCH3 is 1. The van der Waals surface area contributed by atoms with E-state index in [1.807, 2.05) is 6.07 Å².